The summed E-state index contributed by atoms with van der Waals surface area (Å²) < 4.78 is 0. The summed E-state index contributed by atoms with van der Waals surface area (Å²) in [5.74, 6) is 0.708. The normalized spacial score (nSPS) is 14.4. The van der Waals surface area contributed by atoms with Gasteiger partial charge in [-0.2, -0.15) is 0 Å². The third-order valence-electron chi connectivity index (χ3n) is 3.26. The van der Waals surface area contributed by atoms with E-state index in [0.717, 1.165) is 26.2 Å². The van der Waals surface area contributed by atoms with Crippen LogP contribution in [0.5, 0.6) is 0 Å². The zero-order valence-corrected chi connectivity index (χ0v) is 12.3. The van der Waals surface area contributed by atoms with Crippen LogP contribution in [0.3, 0.4) is 0 Å². The Morgan fingerprint density at radius 1 is 0.938 bits per heavy atom. The Morgan fingerprint density at radius 2 is 1.50 bits per heavy atom. The van der Waals surface area contributed by atoms with Crippen molar-refractivity contribution in [3.05, 3.63) is 0 Å². The highest BCUT2D eigenvalue weighted by molar-refractivity contribution is 4.75. The maximum absolute atomic E-state index is 2.50. The third-order valence-corrected chi connectivity index (χ3v) is 3.26. The SMILES string of the molecule is CCN(C)CCN(C)C(CN(C)C)C(C)C. The van der Waals surface area contributed by atoms with E-state index in [9.17, 15) is 0 Å². The molecule has 1 unspecified atom stereocenters. The number of rotatable bonds is 8. The Balaban J connectivity index is 4.11. The van der Waals surface area contributed by atoms with Crippen molar-refractivity contribution in [2.24, 2.45) is 5.92 Å². The standard InChI is InChI=1S/C13H31N3/c1-8-15(6)9-10-16(7)13(12(2)3)11-14(4)5/h12-13H,8-11H2,1-7H3. The second kappa shape index (κ2) is 8.04. The van der Waals surface area contributed by atoms with Crippen LogP contribution in [-0.2, 0) is 0 Å². The fourth-order valence-electron chi connectivity index (χ4n) is 1.89. The molecule has 0 spiro atoms. The number of likely N-dealkylation sites (N-methyl/N-ethyl adjacent to an activating group) is 3. The number of hydrogen-bond donors (Lipinski definition) is 0. The zero-order chi connectivity index (χ0) is 12.7. The van der Waals surface area contributed by atoms with Crippen LogP contribution in [0.2, 0.25) is 0 Å². The Kier molecular flexibility index (Phi) is 7.98. The van der Waals surface area contributed by atoms with Gasteiger partial charge in [-0.1, -0.05) is 20.8 Å². The summed E-state index contributed by atoms with van der Waals surface area (Å²) in [4.78, 5) is 7.14. The van der Waals surface area contributed by atoms with Crippen LogP contribution in [0, 0.1) is 5.92 Å². The first-order chi connectivity index (χ1) is 7.38. The second-order valence-corrected chi connectivity index (χ2v) is 5.45. The van der Waals surface area contributed by atoms with Crippen molar-refractivity contribution in [3.63, 3.8) is 0 Å². The summed E-state index contributed by atoms with van der Waals surface area (Å²) in [6, 6.07) is 0.653. The summed E-state index contributed by atoms with van der Waals surface area (Å²) in [5, 5.41) is 0. The third kappa shape index (κ3) is 6.46. The van der Waals surface area contributed by atoms with Crippen LogP contribution >= 0.6 is 0 Å². The average Bonchev–Trinajstić information content (AvgIpc) is 2.21. The van der Waals surface area contributed by atoms with Gasteiger partial charge >= 0.3 is 0 Å². The van der Waals surface area contributed by atoms with Gasteiger partial charge in [0.1, 0.15) is 0 Å². The number of hydrogen-bond acceptors (Lipinski definition) is 3. The van der Waals surface area contributed by atoms with Gasteiger partial charge in [0, 0.05) is 25.7 Å². The lowest BCUT2D eigenvalue weighted by Gasteiger charge is -2.34. The molecule has 98 valence electrons. The van der Waals surface area contributed by atoms with Crippen LogP contribution < -0.4 is 0 Å². The Bertz CT molecular complexity index is 169. The lowest BCUT2D eigenvalue weighted by atomic mass is 10.0. The van der Waals surface area contributed by atoms with Gasteiger partial charge in [0.25, 0.3) is 0 Å². The molecule has 0 aliphatic carbocycles. The monoisotopic (exact) mass is 229 g/mol. The van der Waals surface area contributed by atoms with Crippen LogP contribution in [0.15, 0.2) is 0 Å². The first kappa shape index (κ1) is 15.9. The van der Waals surface area contributed by atoms with Crippen LogP contribution in [-0.4, -0.2) is 75.1 Å². The second-order valence-electron chi connectivity index (χ2n) is 5.45. The molecule has 0 aliphatic rings. The van der Waals surface area contributed by atoms with E-state index in [4.69, 9.17) is 0 Å². The van der Waals surface area contributed by atoms with Gasteiger partial charge in [-0.25, -0.2) is 0 Å². The summed E-state index contributed by atoms with van der Waals surface area (Å²) in [5.41, 5.74) is 0. The first-order valence-electron chi connectivity index (χ1n) is 6.42. The molecule has 0 heterocycles. The fourth-order valence-corrected chi connectivity index (χ4v) is 1.89. The predicted molar refractivity (Wildman–Crippen MR) is 73.0 cm³/mol. The quantitative estimate of drug-likeness (QED) is 0.624. The predicted octanol–water partition coefficient (Wildman–Crippen LogP) is 1.46. The minimum Gasteiger partial charge on any atom is -0.308 e. The minimum absolute atomic E-state index is 0.653. The van der Waals surface area contributed by atoms with Crippen molar-refractivity contribution in [2.75, 3.05) is 54.4 Å². The van der Waals surface area contributed by atoms with Crippen LogP contribution in [0.1, 0.15) is 20.8 Å². The summed E-state index contributed by atoms with van der Waals surface area (Å²) in [6.45, 7) is 11.4. The first-order valence-corrected chi connectivity index (χ1v) is 6.42. The molecule has 3 nitrogen and oxygen atoms in total. The largest absolute Gasteiger partial charge is 0.308 e. The van der Waals surface area contributed by atoms with Gasteiger partial charge in [-0.05, 0) is 40.7 Å². The van der Waals surface area contributed by atoms with Crippen molar-refractivity contribution >= 4 is 0 Å². The number of nitrogens with zero attached hydrogens (tertiary/aromatic N) is 3. The van der Waals surface area contributed by atoms with Gasteiger partial charge in [-0.15, -0.1) is 0 Å². The summed E-state index contributed by atoms with van der Waals surface area (Å²) >= 11 is 0. The smallest absolute Gasteiger partial charge is 0.0243 e. The van der Waals surface area contributed by atoms with E-state index >= 15 is 0 Å². The highest BCUT2D eigenvalue weighted by Crippen LogP contribution is 2.09. The molecule has 0 amide bonds. The molecule has 0 N–H and O–H groups in total. The van der Waals surface area contributed by atoms with Crippen molar-refractivity contribution < 1.29 is 0 Å². The molecule has 1 atom stereocenters. The lowest BCUT2D eigenvalue weighted by Crippen LogP contribution is -2.45. The highest BCUT2D eigenvalue weighted by Gasteiger charge is 2.19. The molecule has 0 saturated carbocycles. The molecule has 0 fully saturated rings. The minimum atomic E-state index is 0.653. The van der Waals surface area contributed by atoms with Crippen LogP contribution in [0.25, 0.3) is 0 Å². The topological polar surface area (TPSA) is 9.72 Å². The van der Waals surface area contributed by atoms with Gasteiger partial charge in [0.05, 0.1) is 0 Å². The van der Waals surface area contributed by atoms with Crippen molar-refractivity contribution in [1.82, 2.24) is 14.7 Å². The van der Waals surface area contributed by atoms with Gasteiger partial charge < -0.3 is 14.7 Å². The molecule has 0 aromatic rings. The molecular formula is C13H31N3. The Morgan fingerprint density at radius 3 is 1.88 bits per heavy atom. The maximum atomic E-state index is 2.50. The van der Waals surface area contributed by atoms with Crippen LogP contribution in [0.4, 0.5) is 0 Å². The van der Waals surface area contributed by atoms with E-state index in [1.807, 2.05) is 0 Å². The maximum Gasteiger partial charge on any atom is 0.0243 e. The molecule has 0 radical (unpaired) electrons. The fraction of sp³-hybridized carbons (Fsp3) is 1.00. The average molecular weight is 229 g/mol. The van der Waals surface area contributed by atoms with Crippen molar-refractivity contribution in [2.45, 2.75) is 26.8 Å². The van der Waals surface area contributed by atoms with E-state index in [0.29, 0.717) is 12.0 Å². The molecule has 0 saturated heterocycles. The molecular weight excluding hydrogens is 198 g/mol. The highest BCUT2D eigenvalue weighted by atomic mass is 15.2. The van der Waals surface area contributed by atoms with Gasteiger partial charge in [0.15, 0.2) is 0 Å². The van der Waals surface area contributed by atoms with Crippen molar-refractivity contribution in [1.29, 1.82) is 0 Å². The van der Waals surface area contributed by atoms with E-state index < -0.39 is 0 Å². The summed E-state index contributed by atoms with van der Waals surface area (Å²) in [6.07, 6.45) is 0. The molecule has 0 rings (SSSR count). The molecule has 0 aromatic heterocycles. The summed E-state index contributed by atoms with van der Waals surface area (Å²) in [7, 11) is 8.74. The van der Waals surface area contributed by atoms with E-state index in [1.54, 1.807) is 0 Å². The Labute approximate surface area is 102 Å². The Hall–Kier alpha value is -0.120. The van der Waals surface area contributed by atoms with Crippen molar-refractivity contribution in [3.8, 4) is 0 Å². The molecule has 0 aromatic carbocycles. The molecule has 0 bridgehead atoms. The molecule has 16 heavy (non-hydrogen) atoms. The lowest BCUT2D eigenvalue weighted by molar-refractivity contribution is 0.140. The van der Waals surface area contributed by atoms with E-state index in [-0.39, 0.29) is 0 Å². The van der Waals surface area contributed by atoms with E-state index in [2.05, 4.69) is 63.7 Å². The zero-order valence-electron chi connectivity index (χ0n) is 12.3. The van der Waals surface area contributed by atoms with Gasteiger partial charge in [-0.3, -0.25) is 0 Å². The molecule has 0 aliphatic heterocycles. The van der Waals surface area contributed by atoms with Gasteiger partial charge in [0.2, 0.25) is 0 Å². The van der Waals surface area contributed by atoms with E-state index in [1.165, 1.54) is 0 Å². The molecule has 3 heteroatoms.